The summed E-state index contributed by atoms with van der Waals surface area (Å²) in [6.45, 7) is 0.421. The summed E-state index contributed by atoms with van der Waals surface area (Å²) in [6, 6.07) is 23.9. The number of aromatic nitrogens is 1. The number of pyridine rings is 1. The van der Waals surface area contributed by atoms with E-state index in [0.29, 0.717) is 34.8 Å². The standard InChI is InChI=1S/C25H20FN3O2P2/c26-25(32,33)31-21-3-1-2-17(10-21)14-28-24-12-20(15-30)22-11-19(8-9-23(22)29-24)18-6-4-16(13-27)5-7-18/h1-12,15H,14,32-33H2,(H,28,29). The van der Waals surface area contributed by atoms with E-state index in [1.54, 1.807) is 36.4 Å². The zero-order valence-electron chi connectivity index (χ0n) is 17.5. The minimum Gasteiger partial charge on any atom is -0.452 e. The Labute approximate surface area is 195 Å². The Bertz CT molecular complexity index is 1360. The SMILES string of the molecule is N#Cc1ccc(-c2ccc3nc(NCc4cccc(OC(F)(P)P)c4)cc(C=O)c3c2)cc1. The van der Waals surface area contributed by atoms with Gasteiger partial charge in [0.25, 0.3) is 5.34 Å². The van der Waals surface area contributed by atoms with Crippen molar-refractivity contribution in [1.82, 2.24) is 4.98 Å². The van der Waals surface area contributed by atoms with Crippen LogP contribution < -0.4 is 10.1 Å². The second kappa shape index (κ2) is 9.63. The van der Waals surface area contributed by atoms with E-state index in [-0.39, 0.29) is 0 Å². The number of halogens is 1. The van der Waals surface area contributed by atoms with Gasteiger partial charge in [-0.15, -0.1) is 0 Å². The third kappa shape index (κ3) is 5.71. The van der Waals surface area contributed by atoms with Gasteiger partial charge in [0.15, 0.2) is 6.29 Å². The molecule has 0 aliphatic heterocycles. The second-order valence-corrected chi connectivity index (χ2v) is 9.68. The van der Waals surface area contributed by atoms with Crippen LogP contribution in [0.5, 0.6) is 5.75 Å². The van der Waals surface area contributed by atoms with E-state index in [9.17, 15) is 9.18 Å². The summed E-state index contributed by atoms with van der Waals surface area (Å²) in [6.07, 6.45) is 0.810. The summed E-state index contributed by atoms with van der Waals surface area (Å²) in [5.74, 6) is 0.955. The van der Waals surface area contributed by atoms with E-state index < -0.39 is 5.34 Å². The number of ether oxygens (including phenoxy) is 1. The van der Waals surface area contributed by atoms with Crippen LogP contribution in [0.25, 0.3) is 22.0 Å². The van der Waals surface area contributed by atoms with Gasteiger partial charge in [-0.05, 0) is 77.6 Å². The van der Waals surface area contributed by atoms with Crippen LogP contribution in [-0.2, 0) is 6.54 Å². The highest BCUT2D eigenvalue weighted by atomic mass is 31.1. The first-order valence-electron chi connectivity index (χ1n) is 10.0. The molecule has 0 fully saturated rings. The quantitative estimate of drug-likeness (QED) is 0.266. The molecule has 0 saturated heterocycles. The number of hydrogen-bond acceptors (Lipinski definition) is 5. The highest BCUT2D eigenvalue weighted by Gasteiger charge is 2.17. The van der Waals surface area contributed by atoms with Crippen LogP contribution in [0.2, 0.25) is 0 Å². The van der Waals surface area contributed by atoms with E-state index in [1.807, 2.05) is 54.9 Å². The van der Waals surface area contributed by atoms with E-state index in [1.165, 1.54) is 0 Å². The van der Waals surface area contributed by atoms with Crippen molar-refractivity contribution in [2.24, 2.45) is 0 Å². The number of carbonyl (C=O) groups is 1. The van der Waals surface area contributed by atoms with Crippen LogP contribution in [-0.4, -0.2) is 16.6 Å². The van der Waals surface area contributed by atoms with Gasteiger partial charge in [-0.1, -0.05) is 30.3 Å². The third-order valence-corrected chi connectivity index (χ3v) is 5.20. The lowest BCUT2D eigenvalue weighted by atomic mass is 10.0. The summed E-state index contributed by atoms with van der Waals surface area (Å²) in [7, 11) is 3.93. The number of rotatable bonds is 7. The monoisotopic (exact) mass is 475 g/mol. The first-order valence-corrected chi connectivity index (χ1v) is 11.2. The van der Waals surface area contributed by atoms with Crippen LogP contribution in [0, 0.1) is 11.3 Å². The molecular weight excluding hydrogens is 455 g/mol. The fraction of sp³-hybridized carbons (Fsp3) is 0.0800. The molecule has 0 saturated carbocycles. The van der Waals surface area contributed by atoms with E-state index in [4.69, 9.17) is 10.00 Å². The smallest absolute Gasteiger partial charge is 0.270 e. The Hall–Kier alpha value is -3.38. The van der Waals surface area contributed by atoms with Gasteiger partial charge in [0.05, 0.1) is 17.1 Å². The number of carbonyl (C=O) groups excluding carboxylic acids is 1. The Morgan fingerprint density at radius 3 is 2.52 bits per heavy atom. The van der Waals surface area contributed by atoms with Crippen LogP contribution in [0.4, 0.5) is 10.2 Å². The third-order valence-electron chi connectivity index (χ3n) is 4.96. The van der Waals surface area contributed by atoms with Crippen molar-refractivity contribution in [1.29, 1.82) is 5.26 Å². The maximum absolute atomic E-state index is 13.7. The van der Waals surface area contributed by atoms with Crippen LogP contribution >= 0.6 is 18.5 Å². The molecule has 1 N–H and O–H groups in total. The number of aldehydes is 1. The molecule has 0 spiro atoms. The average molecular weight is 475 g/mol. The van der Waals surface area contributed by atoms with Crippen molar-refractivity contribution >= 4 is 41.5 Å². The van der Waals surface area contributed by atoms with Crippen LogP contribution in [0.3, 0.4) is 0 Å². The van der Waals surface area contributed by atoms with Gasteiger partial charge < -0.3 is 10.1 Å². The number of nitrogens with one attached hydrogen (secondary N) is 1. The van der Waals surface area contributed by atoms with Gasteiger partial charge in [-0.25, -0.2) is 4.98 Å². The molecule has 0 aliphatic rings. The maximum atomic E-state index is 13.7. The van der Waals surface area contributed by atoms with E-state index >= 15 is 0 Å². The summed E-state index contributed by atoms with van der Waals surface area (Å²) in [5.41, 5.74) is 4.55. The van der Waals surface area contributed by atoms with Gasteiger partial charge >= 0.3 is 0 Å². The molecule has 4 aromatic rings. The molecule has 0 radical (unpaired) electrons. The number of nitrogens with zero attached hydrogens (tertiary/aromatic N) is 2. The normalized spacial score (nSPS) is 11.1. The Balaban J connectivity index is 1.58. The van der Waals surface area contributed by atoms with E-state index in [0.717, 1.165) is 28.4 Å². The minimum absolute atomic E-state index is 0.400. The van der Waals surface area contributed by atoms with Crippen molar-refractivity contribution in [3.63, 3.8) is 0 Å². The highest BCUT2D eigenvalue weighted by Crippen LogP contribution is 2.32. The fourth-order valence-electron chi connectivity index (χ4n) is 3.45. The Morgan fingerprint density at radius 1 is 1.06 bits per heavy atom. The molecule has 2 atom stereocenters. The number of benzene rings is 3. The van der Waals surface area contributed by atoms with Crippen molar-refractivity contribution in [3.05, 3.63) is 89.5 Å². The molecule has 33 heavy (non-hydrogen) atoms. The predicted octanol–water partition coefficient (Wildman–Crippen LogP) is 5.91. The average Bonchev–Trinajstić information content (AvgIpc) is 2.81. The molecule has 3 aromatic carbocycles. The van der Waals surface area contributed by atoms with Gasteiger partial charge in [0, 0.05) is 17.5 Å². The summed E-state index contributed by atoms with van der Waals surface area (Å²) < 4.78 is 18.9. The predicted molar refractivity (Wildman–Crippen MR) is 135 cm³/mol. The van der Waals surface area contributed by atoms with Crippen molar-refractivity contribution in [2.75, 3.05) is 5.32 Å². The molecule has 2 unspecified atom stereocenters. The number of alkyl halides is 1. The summed E-state index contributed by atoms with van der Waals surface area (Å²) >= 11 is 0. The first kappa shape index (κ1) is 22.8. The molecule has 0 aliphatic carbocycles. The van der Waals surface area contributed by atoms with Gasteiger partial charge in [0.2, 0.25) is 0 Å². The van der Waals surface area contributed by atoms with Crippen molar-refractivity contribution in [3.8, 4) is 22.9 Å². The topological polar surface area (TPSA) is 75.0 Å². The van der Waals surface area contributed by atoms with Crippen molar-refractivity contribution in [2.45, 2.75) is 11.9 Å². The lowest BCUT2D eigenvalue weighted by Crippen LogP contribution is -2.12. The Kier molecular flexibility index (Phi) is 6.65. The lowest BCUT2D eigenvalue weighted by Gasteiger charge is -2.17. The van der Waals surface area contributed by atoms with Crippen molar-refractivity contribution < 1.29 is 13.9 Å². The summed E-state index contributed by atoms with van der Waals surface area (Å²) in [4.78, 5) is 16.4. The second-order valence-electron chi connectivity index (χ2n) is 7.44. The van der Waals surface area contributed by atoms with Gasteiger partial charge in [-0.3, -0.25) is 4.79 Å². The first-order chi connectivity index (χ1) is 15.8. The fourth-order valence-corrected chi connectivity index (χ4v) is 3.72. The van der Waals surface area contributed by atoms with Crippen LogP contribution in [0.1, 0.15) is 21.5 Å². The molecule has 8 heteroatoms. The Morgan fingerprint density at radius 2 is 1.82 bits per heavy atom. The molecule has 4 rings (SSSR count). The zero-order valence-corrected chi connectivity index (χ0v) is 19.8. The minimum atomic E-state index is -1.93. The summed E-state index contributed by atoms with van der Waals surface area (Å²) in [5, 5.41) is 11.0. The lowest BCUT2D eigenvalue weighted by molar-refractivity contribution is 0.112. The molecule has 0 bridgehead atoms. The molecule has 1 aromatic heterocycles. The van der Waals surface area contributed by atoms with Crippen LogP contribution in [0.15, 0.2) is 72.8 Å². The molecule has 1 heterocycles. The number of fused-ring (bicyclic) bond motifs is 1. The molecule has 0 amide bonds. The number of anilines is 1. The molecule has 164 valence electrons. The van der Waals surface area contributed by atoms with Gasteiger partial charge in [-0.2, -0.15) is 9.65 Å². The van der Waals surface area contributed by atoms with E-state index in [2.05, 4.69) is 16.4 Å². The largest absolute Gasteiger partial charge is 0.452 e. The number of nitriles is 1. The molecular formula is C25H20FN3O2P2. The highest BCUT2D eigenvalue weighted by molar-refractivity contribution is 7.38. The molecule has 5 nitrogen and oxygen atoms in total. The number of hydrogen-bond donors (Lipinski definition) is 1. The maximum Gasteiger partial charge on any atom is 0.270 e. The van der Waals surface area contributed by atoms with Gasteiger partial charge in [0.1, 0.15) is 11.6 Å². The zero-order chi connectivity index (χ0) is 23.4.